The van der Waals surface area contributed by atoms with Gasteiger partial charge in [-0.2, -0.15) is 0 Å². The zero-order valence-corrected chi connectivity index (χ0v) is 11.0. The minimum Gasteiger partial charge on any atom is -0.116 e. The van der Waals surface area contributed by atoms with Crippen molar-refractivity contribution in [3.63, 3.8) is 0 Å². The van der Waals surface area contributed by atoms with Gasteiger partial charge in [0.15, 0.2) is 0 Å². The number of rotatable bonds is 2. The predicted octanol–water partition coefficient (Wildman–Crippen LogP) is 4.07. The molecule has 0 rings (SSSR count). The summed E-state index contributed by atoms with van der Waals surface area (Å²) in [7, 11) is 0.380. The predicted molar refractivity (Wildman–Crippen MR) is 65.5 cm³/mol. The van der Waals surface area contributed by atoms with E-state index in [9.17, 15) is 0 Å². The van der Waals surface area contributed by atoms with Crippen LogP contribution in [0.4, 0.5) is 0 Å². The third-order valence-electron chi connectivity index (χ3n) is 0.333. The Hall–Kier alpha value is -0.0905. The van der Waals surface area contributed by atoms with Crippen molar-refractivity contribution in [1.29, 1.82) is 0 Å². The fourth-order valence-electron chi connectivity index (χ4n) is 0. The zero-order chi connectivity index (χ0) is 10.4. The summed E-state index contributed by atoms with van der Waals surface area (Å²) in [5, 5.41) is 0. The minimum atomic E-state index is 0. The summed E-state index contributed by atoms with van der Waals surface area (Å²) < 4.78 is 0. The Labute approximate surface area is 95.7 Å². The molecule has 77 valence electrons. The summed E-state index contributed by atoms with van der Waals surface area (Å²) in [5.41, 5.74) is 0. The van der Waals surface area contributed by atoms with Gasteiger partial charge in [0.25, 0.3) is 0 Å². The van der Waals surface area contributed by atoms with E-state index < -0.39 is 0 Å². The van der Waals surface area contributed by atoms with Crippen LogP contribution in [0.3, 0.4) is 0 Å². The van der Waals surface area contributed by atoms with Crippen LogP contribution in [0.25, 0.3) is 0 Å². The largest absolute Gasteiger partial charge is 0.116 e. The van der Waals surface area contributed by atoms with E-state index in [1.54, 1.807) is 24.3 Å². The Balaban J connectivity index is -0.0000000450. The van der Waals surface area contributed by atoms with E-state index in [1.165, 1.54) is 0 Å². The quantitative estimate of drug-likeness (QED) is 0.387. The van der Waals surface area contributed by atoms with E-state index in [4.69, 9.17) is 0 Å². The number of allylic oxidation sites excluding steroid dienone is 4. The molecule has 0 spiro atoms. The van der Waals surface area contributed by atoms with Crippen LogP contribution in [-0.2, 0) is 17.1 Å². The maximum absolute atomic E-state index is 3.36. The monoisotopic (exact) mass is 239 g/mol. The first-order chi connectivity index (χ1) is 5.56. The summed E-state index contributed by atoms with van der Waals surface area (Å²) in [6.45, 7) is 20.1. The molecule has 0 saturated heterocycles. The fraction of sp³-hybridized carbons (Fsp3) is 0.273. The van der Waals surface area contributed by atoms with Crippen LogP contribution in [0.2, 0.25) is 0 Å². The van der Waals surface area contributed by atoms with Crippen LogP contribution >= 0.6 is 7.92 Å². The molecule has 0 aromatic carbocycles. The molecular weight excluding hydrogens is 218 g/mol. The topological polar surface area (TPSA) is 0 Å². The molecule has 0 unspecified atom stereocenters. The summed E-state index contributed by atoms with van der Waals surface area (Å²) in [6, 6.07) is 0. The zero-order valence-electron chi connectivity index (χ0n) is 8.96. The molecule has 1 radical (unpaired) electrons. The van der Waals surface area contributed by atoms with Crippen LogP contribution in [0, 0.1) is 0 Å². The summed E-state index contributed by atoms with van der Waals surface area (Å²) in [5.74, 6) is 0. The van der Waals surface area contributed by atoms with E-state index in [0.29, 0.717) is 7.92 Å². The average molecular weight is 239 g/mol. The van der Waals surface area contributed by atoms with E-state index in [0.717, 1.165) is 0 Å². The smallest absolute Gasteiger partial charge is 0 e. The first kappa shape index (κ1) is 23.1. The Morgan fingerprint density at radius 2 is 0.769 bits per heavy atom. The normalized spacial score (nSPS) is 5.85. The van der Waals surface area contributed by atoms with Gasteiger partial charge >= 0.3 is 0 Å². The van der Waals surface area contributed by atoms with Crippen LogP contribution in [-0.4, -0.2) is 20.0 Å². The first-order valence-corrected chi connectivity index (χ1v) is 6.32. The molecule has 0 saturated carbocycles. The molecule has 0 nitrogen and oxygen atoms in total. The Kier molecular flexibility index (Phi) is 52.7. The van der Waals surface area contributed by atoms with Crippen molar-refractivity contribution in [2.75, 3.05) is 20.0 Å². The van der Waals surface area contributed by atoms with Crippen molar-refractivity contribution in [1.82, 2.24) is 0 Å². The van der Waals surface area contributed by atoms with Gasteiger partial charge in [0.2, 0.25) is 0 Å². The molecule has 0 aromatic rings. The second kappa shape index (κ2) is 29.7. The minimum absolute atomic E-state index is 0. The second-order valence-electron chi connectivity index (χ2n) is 2.28. The van der Waals surface area contributed by atoms with Crippen molar-refractivity contribution in [2.45, 2.75) is 0 Å². The molecule has 0 heterocycles. The average Bonchev–Trinajstić information content (AvgIpc) is 2.03. The Bertz CT molecular complexity index is 90.5. The molecule has 0 aliphatic rings. The first-order valence-electron chi connectivity index (χ1n) is 3.64. The third kappa shape index (κ3) is 321. The Morgan fingerprint density at radius 3 is 0.769 bits per heavy atom. The summed E-state index contributed by atoms with van der Waals surface area (Å²) >= 11 is 0. The van der Waals surface area contributed by atoms with Crippen LogP contribution in [0.15, 0.2) is 50.6 Å². The molecule has 0 aromatic heterocycles. The van der Waals surface area contributed by atoms with Crippen molar-refractivity contribution in [3.05, 3.63) is 50.6 Å². The maximum atomic E-state index is 3.36. The molecule has 0 bridgehead atoms. The van der Waals surface area contributed by atoms with Gasteiger partial charge in [0.05, 0.1) is 0 Å². The van der Waals surface area contributed by atoms with Crippen LogP contribution in [0.1, 0.15) is 0 Å². The van der Waals surface area contributed by atoms with Gasteiger partial charge < -0.3 is 0 Å². The van der Waals surface area contributed by atoms with E-state index in [2.05, 4.69) is 46.3 Å². The van der Waals surface area contributed by atoms with Crippen molar-refractivity contribution >= 4 is 7.92 Å². The van der Waals surface area contributed by atoms with Crippen molar-refractivity contribution in [2.24, 2.45) is 0 Å². The van der Waals surface area contributed by atoms with E-state index in [-0.39, 0.29) is 17.1 Å². The van der Waals surface area contributed by atoms with Crippen molar-refractivity contribution < 1.29 is 17.1 Å². The molecule has 0 aliphatic heterocycles. The van der Waals surface area contributed by atoms with Gasteiger partial charge in [-0.1, -0.05) is 50.6 Å². The SMILES string of the molecule is C=CC=C.C=CC=C.CP(C)C.[Mn]. The molecule has 2 heteroatoms. The van der Waals surface area contributed by atoms with Gasteiger partial charge in [-0.15, -0.1) is 7.92 Å². The van der Waals surface area contributed by atoms with E-state index in [1.807, 2.05) is 0 Å². The van der Waals surface area contributed by atoms with Gasteiger partial charge in [0.1, 0.15) is 0 Å². The maximum Gasteiger partial charge on any atom is 0 e. The van der Waals surface area contributed by atoms with Gasteiger partial charge in [-0.3, -0.25) is 0 Å². The standard InChI is InChI=1S/2C4H6.C3H9P.Mn/c2*1-3-4-2;1-4(2)3;/h2*3-4H,1-2H2;1-3H3;. The van der Waals surface area contributed by atoms with Crippen LogP contribution < -0.4 is 0 Å². The molecule has 13 heavy (non-hydrogen) atoms. The molecular formula is C11H21MnP. The Morgan fingerprint density at radius 1 is 0.692 bits per heavy atom. The van der Waals surface area contributed by atoms with Gasteiger partial charge in [0, 0.05) is 17.1 Å². The van der Waals surface area contributed by atoms with Gasteiger partial charge in [-0.25, -0.2) is 0 Å². The molecule has 0 N–H and O–H groups in total. The third-order valence-corrected chi connectivity index (χ3v) is 0.333. The second-order valence-corrected chi connectivity index (χ2v) is 4.97. The van der Waals surface area contributed by atoms with E-state index >= 15 is 0 Å². The molecule has 0 aliphatic carbocycles. The fourth-order valence-corrected chi connectivity index (χ4v) is 0. The summed E-state index contributed by atoms with van der Waals surface area (Å²) in [4.78, 5) is 0. The molecule has 0 fully saturated rings. The van der Waals surface area contributed by atoms with Crippen LogP contribution in [0.5, 0.6) is 0 Å². The number of hydrogen-bond acceptors (Lipinski definition) is 0. The van der Waals surface area contributed by atoms with Crippen molar-refractivity contribution in [3.8, 4) is 0 Å². The number of hydrogen-bond donors (Lipinski definition) is 0. The summed E-state index contributed by atoms with van der Waals surface area (Å²) in [6.07, 6.45) is 6.56. The molecule has 0 atom stereocenters. The molecule has 0 amide bonds. The van der Waals surface area contributed by atoms with Gasteiger partial charge in [-0.05, 0) is 20.0 Å².